The standard InChI is InChI=1S/C34H39N5O8/c1-21-30(37-34(43)46-21)31(41)38-39(18-23-10-12-24(13-11-23)26-9-5-6-15-35-26)19-28(40)27(17-22-7-3-2-4-8-22)36-33(42)47-29-20-45-32-25(29)14-16-44-32/h2-13,15,21,25,27-30,32,40H,14,16-20H2,1H3,(H,36,42)(H,37,43)(H,38,41)/t21-,25-,27-,28-,29-,30-,32+/m0/s1. The zero-order valence-electron chi connectivity index (χ0n) is 26.0. The number of cyclic esters (lactones) is 1. The van der Waals surface area contributed by atoms with Crippen molar-refractivity contribution in [1.29, 1.82) is 0 Å². The van der Waals surface area contributed by atoms with Gasteiger partial charge in [0.25, 0.3) is 5.91 Å². The smallest absolute Gasteiger partial charge is 0.408 e. The van der Waals surface area contributed by atoms with Crippen molar-refractivity contribution in [1.82, 2.24) is 26.1 Å². The van der Waals surface area contributed by atoms with Crippen LogP contribution in [0.4, 0.5) is 9.59 Å². The number of nitrogens with zero attached hydrogens (tertiary/aromatic N) is 2. The number of ether oxygens (including phenoxy) is 4. The third-order valence-corrected chi connectivity index (χ3v) is 8.59. The second kappa shape index (κ2) is 14.9. The Bertz CT molecular complexity index is 1510. The Balaban J connectivity index is 1.18. The van der Waals surface area contributed by atoms with Crippen molar-refractivity contribution < 1.29 is 38.4 Å². The molecular weight excluding hydrogens is 606 g/mol. The van der Waals surface area contributed by atoms with E-state index in [1.807, 2.05) is 72.8 Å². The lowest BCUT2D eigenvalue weighted by Gasteiger charge is -2.31. The molecule has 0 spiro atoms. The van der Waals surface area contributed by atoms with Gasteiger partial charge in [-0.3, -0.25) is 15.2 Å². The number of benzene rings is 2. The van der Waals surface area contributed by atoms with E-state index in [2.05, 4.69) is 21.0 Å². The van der Waals surface area contributed by atoms with E-state index in [9.17, 15) is 19.5 Å². The highest BCUT2D eigenvalue weighted by Gasteiger charge is 2.44. The first-order valence-corrected chi connectivity index (χ1v) is 15.8. The lowest BCUT2D eigenvalue weighted by atomic mass is 10.0. The number of hydrogen-bond donors (Lipinski definition) is 4. The molecule has 0 radical (unpaired) electrons. The minimum Gasteiger partial charge on any atom is -0.444 e. The largest absolute Gasteiger partial charge is 0.444 e. The van der Waals surface area contributed by atoms with Crippen LogP contribution in [0.1, 0.15) is 24.5 Å². The van der Waals surface area contributed by atoms with E-state index in [-0.39, 0.29) is 31.9 Å². The summed E-state index contributed by atoms with van der Waals surface area (Å²) >= 11 is 0. The number of pyridine rings is 1. The summed E-state index contributed by atoms with van der Waals surface area (Å²) in [5.74, 6) is -0.530. The van der Waals surface area contributed by atoms with Gasteiger partial charge in [0, 0.05) is 24.8 Å². The molecule has 13 heteroatoms. The first-order valence-electron chi connectivity index (χ1n) is 15.8. The highest BCUT2D eigenvalue weighted by molar-refractivity contribution is 5.88. The molecule has 248 valence electrons. The van der Waals surface area contributed by atoms with Crippen LogP contribution in [-0.2, 0) is 36.7 Å². The van der Waals surface area contributed by atoms with Crippen LogP contribution in [0.3, 0.4) is 0 Å². The van der Waals surface area contributed by atoms with Gasteiger partial charge in [-0.1, -0.05) is 60.7 Å². The van der Waals surface area contributed by atoms with Crippen LogP contribution in [0.5, 0.6) is 0 Å². The van der Waals surface area contributed by atoms with E-state index < -0.39 is 48.5 Å². The van der Waals surface area contributed by atoms with Gasteiger partial charge >= 0.3 is 12.2 Å². The number of fused-ring (bicyclic) bond motifs is 1. The number of carbonyl (C=O) groups excluding carboxylic acids is 3. The van der Waals surface area contributed by atoms with Gasteiger partial charge < -0.3 is 34.7 Å². The molecule has 3 aliphatic heterocycles. The van der Waals surface area contributed by atoms with Crippen LogP contribution >= 0.6 is 0 Å². The second-order valence-corrected chi connectivity index (χ2v) is 12.0. The molecule has 0 aliphatic carbocycles. The normalized spacial score (nSPS) is 24.6. The van der Waals surface area contributed by atoms with Crippen LogP contribution < -0.4 is 16.1 Å². The fourth-order valence-corrected chi connectivity index (χ4v) is 6.08. The number of amides is 3. The maximum atomic E-state index is 13.3. The molecule has 1 aromatic heterocycles. The Morgan fingerprint density at radius 2 is 1.85 bits per heavy atom. The Morgan fingerprint density at radius 1 is 1.06 bits per heavy atom. The molecule has 7 atom stereocenters. The van der Waals surface area contributed by atoms with Crippen LogP contribution in [0.15, 0.2) is 79.0 Å². The molecule has 4 heterocycles. The van der Waals surface area contributed by atoms with E-state index in [0.717, 1.165) is 28.8 Å². The summed E-state index contributed by atoms with van der Waals surface area (Å²) in [4.78, 5) is 42.6. The summed E-state index contributed by atoms with van der Waals surface area (Å²) in [7, 11) is 0. The lowest BCUT2D eigenvalue weighted by molar-refractivity contribution is -0.129. The highest BCUT2D eigenvalue weighted by atomic mass is 16.7. The predicted octanol–water partition coefficient (Wildman–Crippen LogP) is 2.54. The molecule has 6 rings (SSSR count). The van der Waals surface area contributed by atoms with Crippen molar-refractivity contribution in [3.05, 3.63) is 90.1 Å². The molecule has 0 unspecified atom stereocenters. The van der Waals surface area contributed by atoms with Crippen LogP contribution in [0, 0.1) is 5.92 Å². The maximum Gasteiger partial charge on any atom is 0.408 e. The summed E-state index contributed by atoms with van der Waals surface area (Å²) < 4.78 is 22.0. The zero-order valence-corrected chi connectivity index (χ0v) is 26.0. The first kappa shape index (κ1) is 32.4. The maximum absolute atomic E-state index is 13.3. The molecule has 0 saturated carbocycles. The van der Waals surface area contributed by atoms with Gasteiger partial charge in [0.15, 0.2) is 6.29 Å². The predicted molar refractivity (Wildman–Crippen MR) is 168 cm³/mol. The summed E-state index contributed by atoms with van der Waals surface area (Å²) in [5.41, 5.74) is 6.34. The molecule has 3 saturated heterocycles. The Hall–Kier alpha value is -4.56. The van der Waals surface area contributed by atoms with Gasteiger partial charge in [-0.15, -0.1) is 0 Å². The number of rotatable bonds is 12. The topological polar surface area (TPSA) is 161 Å². The van der Waals surface area contributed by atoms with Gasteiger partial charge in [-0.25, -0.2) is 14.6 Å². The zero-order chi connectivity index (χ0) is 32.8. The Morgan fingerprint density at radius 3 is 2.57 bits per heavy atom. The summed E-state index contributed by atoms with van der Waals surface area (Å²) in [5, 5.41) is 18.6. The molecular formula is C34H39N5O8. The van der Waals surface area contributed by atoms with E-state index >= 15 is 0 Å². The number of alkyl carbamates (subject to hydrolysis) is 2. The second-order valence-electron chi connectivity index (χ2n) is 12.0. The van der Waals surface area contributed by atoms with Crippen LogP contribution in [0.2, 0.25) is 0 Å². The summed E-state index contributed by atoms with van der Waals surface area (Å²) in [6, 6.07) is 21.2. The molecule has 3 amide bonds. The third kappa shape index (κ3) is 8.24. The fourth-order valence-electron chi connectivity index (χ4n) is 6.08. The van der Waals surface area contributed by atoms with E-state index in [1.54, 1.807) is 18.1 Å². The number of aromatic nitrogens is 1. The van der Waals surface area contributed by atoms with Gasteiger partial charge in [0.2, 0.25) is 0 Å². The number of nitrogens with one attached hydrogen (secondary N) is 3. The molecule has 0 bridgehead atoms. The van der Waals surface area contributed by atoms with Crippen molar-refractivity contribution in [3.63, 3.8) is 0 Å². The summed E-state index contributed by atoms with van der Waals surface area (Å²) in [6.07, 6.45) is -1.23. The highest BCUT2D eigenvalue weighted by Crippen LogP contribution is 2.33. The number of hydrazine groups is 1. The molecule has 3 aliphatic rings. The fraction of sp³-hybridized carbons (Fsp3) is 0.412. The number of hydrogen-bond acceptors (Lipinski definition) is 10. The number of aliphatic hydroxyl groups is 1. The molecule has 4 N–H and O–H groups in total. The monoisotopic (exact) mass is 645 g/mol. The molecule has 47 heavy (non-hydrogen) atoms. The molecule has 13 nitrogen and oxygen atoms in total. The van der Waals surface area contributed by atoms with Crippen molar-refractivity contribution in [3.8, 4) is 11.3 Å². The lowest BCUT2D eigenvalue weighted by Crippen LogP contribution is -2.56. The van der Waals surface area contributed by atoms with E-state index in [0.29, 0.717) is 13.0 Å². The first-order chi connectivity index (χ1) is 22.8. The average Bonchev–Trinajstić information content (AvgIpc) is 3.79. The molecule has 2 aromatic carbocycles. The quantitative estimate of drug-likeness (QED) is 0.216. The molecule has 3 fully saturated rings. The Labute approximate surface area is 272 Å². The minimum atomic E-state index is -1.15. The molecule has 3 aromatic rings. The van der Waals surface area contributed by atoms with Gasteiger partial charge in [0.05, 0.1) is 37.0 Å². The van der Waals surface area contributed by atoms with Crippen molar-refractivity contribution in [2.24, 2.45) is 5.92 Å². The van der Waals surface area contributed by atoms with Crippen LogP contribution in [-0.4, -0.2) is 89.6 Å². The van der Waals surface area contributed by atoms with Crippen molar-refractivity contribution in [2.45, 2.75) is 63.0 Å². The van der Waals surface area contributed by atoms with Crippen LogP contribution in [0.25, 0.3) is 11.3 Å². The van der Waals surface area contributed by atoms with Gasteiger partial charge in [-0.05, 0) is 43.0 Å². The Kier molecular flexibility index (Phi) is 10.3. The van der Waals surface area contributed by atoms with Crippen molar-refractivity contribution in [2.75, 3.05) is 19.8 Å². The van der Waals surface area contributed by atoms with E-state index in [1.165, 1.54) is 0 Å². The number of aliphatic hydroxyl groups excluding tert-OH is 1. The SMILES string of the molecule is C[C@@H]1OC(=O)N[C@@H]1C(=O)NN(Cc1ccc(-c2ccccn2)cc1)C[C@H](O)[C@H](Cc1ccccc1)NC(=O)O[C@H]1CO[C@H]2OCC[C@H]21. The number of carbonyl (C=O) groups is 3. The van der Waals surface area contributed by atoms with Crippen molar-refractivity contribution >= 4 is 18.1 Å². The minimum absolute atomic E-state index is 0.0320. The third-order valence-electron chi connectivity index (χ3n) is 8.59. The van der Waals surface area contributed by atoms with Gasteiger partial charge in [-0.2, -0.15) is 0 Å². The average molecular weight is 646 g/mol. The summed E-state index contributed by atoms with van der Waals surface area (Å²) in [6.45, 7) is 2.57. The van der Waals surface area contributed by atoms with Gasteiger partial charge in [0.1, 0.15) is 18.2 Å². The van der Waals surface area contributed by atoms with E-state index in [4.69, 9.17) is 18.9 Å².